The molecule has 0 radical (unpaired) electrons. The van der Waals surface area contributed by atoms with Crippen molar-refractivity contribution in [1.82, 2.24) is 19.8 Å². The summed E-state index contributed by atoms with van der Waals surface area (Å²) in [5, 5.41) is 15.0. The van der Waals surface area contributed by atoms with Crippen LogP contribution in [0.2, 0.25) is 0 Å². The molecule has 0 amide bonds. The topological polar surface area (TPSA) is 52.3 Å². The third-order valence-corrected chi connectivity index (χ3v) is 7.92. The zero-order valence-electron chi connectivity index (χ0n) is 16.0. The van der Waals surface area contributed by atoms with Crippen molar-refractivity contribution in [1.29, 1.82) is 0 Å². The number of methoxy groups -OCH3 is 1. The highest BCUT2D eigenvalue weighted by atomic mass is 32.1. The molecule has 0 spiro atoms. The van der Waals surface area contributed by atoms with E-state index in [2.05, 4.69) is 34.5 Å². The van der Waals surface area contributed by atoms with Crippen LogP contribution in [-0.2, 0) is 5.41 Å². The van der Waals surface area contributed by atoms with Gasteiger partial charge in [0.2, 0.25) is 4.96 Å². The molecule has 0 atom stereocenters. The SMILES string of the molecule is COc1ccc(/C=C/c2nn3c(C45CC6CC(CC(C6)C4)C5)nnc3s2)cc1. The maximum Gasteiger partial charge on any atom is 0.234 e. The van der Waals surface area contributed by atoms with E-state index in [1.807, 2.05) is 16.6 Å². The largest absolute Gasteiger partial charge is 0.497 e. The molecule has 3 aromatic rings. The van der Waals surface area contributed by atoms with Crippen LogP contribution in [0, 0.1) is 17.8 Å². The summed E-state index contributed by atoms with van der Waals surface area (Å²) >= 11 is 1.62. The zero-order chi connectivity index (χ0) is 18.7. The maximum atomic E-state index is 5.22. The van der Waals surface area contributed by atoms with E-state index in [1.54, 1.807) is 18.4 Å². The first kappa shape index (κ1) is 16.7. The maximum absolute atomic E-state index is 5.22. The molecule has 6 heteroatoms. The highest BCUT2D eigenvalue weighted by Crippen LogP contribution is 2.60. The zero-order valence-corrected chi connectivity index (χ0v) is 16.9. The first-order chi connectivity index (χ1) is 13.7. The van der Waals surface area contributed by atoms with Crippen LogP contribution in [0.1, 0.15) is 54.9 Å². The van der Waals surface area contributed by atoms with Gasteiger partial charge in [-0.15, -0.1) is 10.2 Å². The third kappa shape index (κ3) is 2.61. The number of hydrogen-bond donors (Lipinski definition) is 0. The van der Waals surface area contributed by atoms with Crippen molar-refractivity contribution >= 4 is 28.4 Å². The summed E-state index contributed by atoms with van der Waals surface area (Å²) in [5.74, 6) is 4.68. The molecule has 4 aliphatic carbocycles. The lowest BCUT2D eigenvalue weighted by Crippen LogP contribution is -2.49. The molecule has 7 rings (SSSR count). The summed E-state index contributed by atoms with van der Waals surface area (Å²) in [4.78, 5) is 0.917. The van der Waals surface area contributed by atoms with E-state index in [4.69, 9.17) is 9.84 Å². The summed E-state index contributed by atoms with van der Waals surface area (Å²) < 4.78 is 7.27. The van der Waals surface area contributed by atoms with Crippen LogP contribution in [0.5, 0.6) is 5.75 Å². The van der Waals surface area contributed by atoms with E-state index in [0.29, 0.717) is 0 Å². The van der Waals surface area contributed by atoms with Gasteiger partial charge in [-0.1, -0.05) is 29.5 Å². The van der Waals surface area contributed by atoms with Crippen LogP contribution >= 0.6 is 11.3 Å². The van der Waals surface area contributed by atoms with Crippen LogP contribution in [-0.4, -0.2) is 26.9 Å². The monoisotopic (exact) mass is 392 g/mol. The summed E-state index contributed by atoms with van der Waals surface area (Å²) in [6, 6.07) is 8.06. The molecular formula is C22H24N4OS. The fourth-order valence-electron chi connectivity index (χ4n) is 6.30. The van der Waals surface area contributed by atoms with Gasteiger partial charge in [0.25, 0.3) is 0 Å². The second-order valence-electron chi connectivity index (χ2n) is 8.96. The van der Waals surface area contributed by atoms with Crippen molar-refractivity contribution in [3.05, 3.63) is 40.7 Å². The van der Waals surface area contributed by atoms with Crippen molar-refractivity contribution in [3.8, 4) is 5.75 Å². The van der Waals surface area contributed by atoms with Gasteiger partial charge in [-0.25, -0.2) is 0 Å². The first-order valence-electron chi connectivity index (χ1n) is 10.3. The van der Waals surface area contributed by atoms with E-state index in [9.17, 15) is 0 Å². The lowest BCUT2D eigenvalue weighted by Gasteiger charge is -2.55. The summed E-state index contributed by atoms with van der Waals surface area (Å²) in [5.41, 5.74) is 1.35. The van der Waals surface area contributed by atoms with Gasteiger partial charge in [0, 0.05) is 5.41 Å². The number of nitrogens with zero attached hydrogens (tertiary/aromatic N) is 4. The molecule has 4 bridgehead atoms. The van der Waals surface area contributed by atoms with Gasteiger partial charge in [0.15, 0.2) is 5.82 Å². The summed E-state index contributed by atoms with van der Waals surface area (Å²) in [7, 11) is 1.69. The molecule has 2 heterocycles. The molecule has 0 aliphatic heterocycles. The molecule has 4 aliphatic rings. The van der Waals surface area contributed by atoms with Crippen molar-refractivity contribution in [3.63, 3.8) is 0 Å². The van der Waals surface area contributed by atoms with Gasteiger partial charge in [0.1, 0.15) is 10.8 Å². The molecule has 5 nitrogen and oxygen atoms in total. The number of hydrogen-bond acceptors (Lipinski definition) is 5. The second kappa shape index (κ2) is 6.14. The lowest BCUT2D eigenvalue weighted by molar-refractivity contribution is -0.0103. The summed E-state index contributed by atoms with van der Waals surface area (Å²) in [6.07, 6.45) is 12.3. The Morgan fingerprint density at radius 3 is 2.32 bits per heavy atom. The van der Waals surface area contributed by atoms with Crippen LogP contribution < -0.4 is 4.74 Å². The molecule has 0 N–H and O–H groups in total. The number of fused-ring (bicyclic) bond motifs is 1. The highest BCUT2D eigenvalue weighted by molar-refractivity contribution is 7.17. The first-order valence-corrected chi connectivity index (χ1v) is 11.1. The molecule has 1 aromatic carbocycles. The van der Waals surface area contributed by atoms with Crippen molar-refractivity contribution in [2.24, 2.45) is 17.8 Å². The van der Waals surface area contributed by atoms with Crippen molar-refractivity contribution < 1.29 is 4.74 Å². The number of ether oxygens (including phenoxy) is 1. The van der Waals surface area contributed by atoms with Crippen LogP contribution in [0.15, 0.2) is 24.3 Å². The molecule has 0 saturated heterocycles. The Kier molecular flexibility index (Phi) is 3.67. The Hall–Kier alpha value is -2.21. The van der Waals surface area contributed by atoms with Crippen LogP contribution in [0.4, 0.5) is 0 Å². The highest BCUT2D eigenvalue weighted by Gasteiger charge is 2.54. The van der Waals surface area contributed by atoms with Crippen LogP contribution in [0.3, 0.4) is 0 Å². The van der Waals surface area contributed by atoms with Gasteiger partial charge < -0.3 is 4.74 Å². The predicted octanol–water partition coefficient (Wildman–Crippen LogP) is 4.83. The predicted molar refractivity (Wildman–Crippen MR) is 110 cm³/mol. The Morgan fingerprint density at radius 1 is 1.00 bits per heavy atom. The molecule has 28 heavy (non-hydrogen) atoms. The van der Waals surface area contributed by atoms with Crippen molar-refractivity contribution in [2.45, 2.75) is 43.9 Å². The van der Waals surface area contributed by atoms with E-state index < -0.39 is 0 Å². The molecular weight excluding hydrogens is 368 g/mol. The normalized spacial score (nSPS) is 31.2. The summed E-state index contributed by atoms with van der Waals surface area (Å²) in [6.45, 7) is 0. The van der Waals surface area contributed by atoms with Gasteiger partial charge in [0.05, 0.1) is 7.11 Å². The molecule has 2 aromatic heterocycles. The molecule has 4 saturated carbocycles. The Balaban J connectivity index is 1.31. The average Bonchev–Trinajstić information content (AvgIpc) is 3.26. The van der Waals surface area contributed by atoms with E-state index in [1.165, 1.54) is 38.5 Å². The third-order valence-electron chi connectivity index (χ3n) is 7.05. The number of benzene rings is 1. The minimum absolute atomic E-state index is 0.221. The number of aromatic nitrogens is 4. The van der Waals surface area contributed by atoms with E-state index >= 15 is 0 Å². The average molecular weight is 393 g/mol. The molecule has 144 valence electrons. The number of rotatable bonds is 4. The minimum atomic E-state index is 0.221. The van der Waals surface area contributed by atoms with E-state index in [-0.39, 0.29) is 5.41 Å². The van der Waals surface area contributed by atoms with Gasteiger partial charge in [-0.05, 0) is 80.1 Å². The molecule has 4 fully saturated rings. The Morgan fingerprint density at radius 2 is 1.68 bits per heavy atom. The Labute approximate surface area is 168 Å². The van der Waals surface area contributed by atoms with Crippen LogP contribution in [0.25, 0.3) is 17.1 Å². The Bertz CT molecular complexity index is 1010. The van der Waals surface area contributed by atoms with Crippen molar-refractivity contribution in [2.75, 3.05) is 7.11 Å². The van der Waals surface area contributed by atoms with Gasteiger partial charge >= 0.3 is 0 Å². The lowest BCUT2D eigenvalue weighted by atomic mass is 9.49. The van der Waals surface area contributed by atoms with Gasteiger partial charge in [-0.2, -0.15) is 9.61 Å². The standard InChI is InChI=1S/C22H24N4OS/c1-27-18-5-2-14(3-6-18)4-7-19-25-26-20(23-24-21(26)28-19)22-11-15-8-16(12-22)10-17(9-15)13-22/h2-7,15-17H,8-13H2,1H3/b7-4+. The fourth-order valence-corrected chi connectivity index (χ4v) is 7.04. The molecule has 0 unspecified atom stereocenters. The smallest absolute Gasteiger partial charge is 0.234 e. The minimum Gasteiger partial charge on any atom is -0.497 e. The quantitative estimate of drug-likeness (QED) is 0.638. The second-order valence-corrected chi connectivity index (χ2v) is 9.95. The van der Waals surface area contributed by atoms with Gasteiger partial charge in [-0.3, -0.25) is 0 Å². The fraction of sp³-hybridized carbons (Fsp3) is 0.500. The van der Waals surface area contributed by atoms with E-state index in [0.717, 1.165) is 44.9 Å².